The molecule has 0 spiro atoms. The van der Waals surface area contributed by atoms with Gasteiger partial charge in [0, 0.05) is 48.6 Å². The van der Waals surface area contributed by atoms with E-state index in [1.54, 1.807) is 0 Å². The quantitative estimate of drug-likeness (QED) is 0.0394. The standard InChI is InChI=1S/C49H64N4O24/c1-13-33(54)66-21-45(9,22-67-34(55)14-2)50-41(62)74-29-49(30-75-42(63)51-46(10,23-68-35(56)15-3)24-69-36(57)16-4,31-76-43(64)52-47(11,25-70-37(58)17-5)26-71-38(59)18-6)32-77-44(65)53-48(12,27-72-39(60)19-7)28-73-40(61)20-8/h13-20H,1-8,21-32H2,9-12H3,(H,50,62)(H,51,63)(H,52,64)(H,53,65). The number of esters is 8. The summed E-state index contributed by atoms with van der Waals surface area (Å²) in [5, 5.41) is 9.38. The Morgan fingerprint density at radius 2 is 0.390 bits per heavy atom. The summed E-state index contributed by atoms with van der Waals surface area (Å²) in [6.07, 6.45) is 0.760. The van der Waals surface area contributed by atoms with Gasteiger partial charge in [-0.05, 0) is 27.7 Å². The van der Waals surface area contributed by atoms with E-state index in [0.29, 0.717) is 0 Å². The van der Waals surface area contributed by atoms with E-state index in [0.717, 1.165) is 48.6 Å². The molecule has 0 bridgehead atoms. The Bertz CT molecular complexity index is 1850. The summed E-state index contributed by atoms with van der Waals surface area (Å²) in [6.45, 7) is 21.5. The number of hydrogen-bond donors (Lipinski definition) is 4. The highest BCUT2D eigenvalue weighted by Crippen LogP contribution is 2.23. The van der Waals surface area contributed by atoms with E-state index in [1.165, 1.54) is 27.7 Å². The zero-order valence-corrected chi connectivity index (χ0v) is 43.1. The van der Waals surface area contributed by atoms with E-state index in [4.69, 9.17) is 56.8 Å². The summed E-state index contributed by atoms with van der Waals surface area (Å²) in [7, 11) is 0. The van der Waals surface area contributed by atoms with Gasteiger partial charge in [0.25, 0.3) is 0 Å². The first-order valence-electron chi connectivity index (χ1n) is 22.2. The topological polar surface area (TPSA) is 364 Å². The Kier molecular flexibility index (Phi) is 29.5. The number of hydrogen-bond acceptors (Lipinski definition) is 24. The fraction of sp³-hybridized carbons (Fsp3) is 0.429. The first-order chi connectivity index (χ1) is 36.0. The summed E-state index contributed by atoms with van der Waals surface area (Å²) in [4.78, 5) is 151. The maximum Gasteiger partial charge on any atom is 0.407 e. The summed E-state index contributed by atoms with van der Waals surface area (Å²) in [5.41, 5.74) is -9.40. The molecule has 0 saturated carbocycles. The number of ether oxygens (including phenoxy) is 12. The van der Waals surface area contributed by atoms with Crippen molar-refractivity contribution in [1.82, 2.24) is 21.3 Å². The highest BCUT2D eigenvalue weighted by molar-refractivity contribution is 5.84. The van der Waals surface area contributed by atoms with Crippen LogP contribution in [-0.2, 0) is 95.2 Å². The van der Waals surface area contributed by atoms with Crippen LogP contribution in [0.15, 0.2) is 101 Å². The molecule has 0 fully saturated rings. The molecule has 28 nitrogen and oxygen atoms in total. The van der Waals surface area contributed by atoms with Gasteiger partial charge in [-0.15, -0.1) is 0 Å². The summed E-state index contributed by atoms with van der Waals surface area (Å²) in [6, 6.07) is 0. The van der Waals surface area contributed by atoms with Crippen molar-refractivity contribution >= 4 is 72.1 Å². The van der Waals surface area contributed by atoms with Gasteiger partial charge in [0.05, 0.1) is 0 Å². The van der Waals surface area contributed by atoms with Crippen molar-refractivity contribution in [2.45, 2.75) is 49.9 Å². The summed E-state index contributed by atoms with van der Waals surface area (Å²) < 4.78 is 62.7. The van der Waals surface area contributed by atoms with Crippen molar-refractivity contribution in [1.29, 1.82) is 0 Å². The maximum absolute atomic E-state index is 13.7. The minimum atomic E-state index is -2.28. The number of nitrogens with one attached hydrogen (secondary N) is 4. The Morgan fingerprint density at radius 3 is 0.506 bits per heavy atom. The van der Waals surface area contributed by atoms with Crippen LogP contribution in [0.5, 0.6) is 0 Å². The Morgan fingerprint density at radius 1 is 0.260 bits per heavy atom. The highest BCUT2D eigenvalue weighted by Gasteiger charge is 2.42. The molecular weight excluding hydrogens is 1030 g/mol. The monoisotopic (exact) mass is 1090 g/mol. The fourth-order valence-corrected chi connectivity index (χ4v) is 5.02. The van der Waals surface area contributed by atoms with Gasteiger partial charge < -0.3 is 78.1 Å². The lowest BCUT2D eigenvalue weighted by molar-refractivity contribution is -0.146. The molecule has 0 aliphatic carbocycles. The molecule has 0 unspecified atom stereocenters. The zero-order chi connectivity index (χ0) is 58.9. The third-order valence-corrected chi connectivity index (χ3v) is 9.25. The molecule has 424 valence electrons. The van der Waals surface area contributed by atoms with Crippen LogP contribution < -0.4 is 21.3 Å². The van der Waals surface area contributed by atoms with Crippen molar-refractivity contribution in [2.24, 2.45) is 5.41 Å². The van der Waals surface area contributed by atoms with Crippen molar-refractivity contribution in [3.05, 3.63) is 101 Å². The van der Waals surface area contributed by atoms with Crippen LogP contribution in [0.25, 0.3) is 0 Å². The largest absolute Gasteiger partial charge is 0.460 e. The van der Waals surface area contributed by atoms with Crippen molar-refractivity contribution in [2.75, 3.05) is 79.3 Å². The number of carbonyl (C=O) groups excluding carboxylic acids is 12. The molecule has 4 amide bonds. The minimum Gasteiger partial charge on any atom is -0.460 e. The number of carbonyl (C=O) groups is 12. The molecule has 0 aromatic heterocycles. The second-order valence-electron chi connectivity index (χ2n) is 17.0. The van der Waals surface area contributed by atoms with Crippen LogP contribution in [0.4, 0.5) is 19.2 Å². The lowest BCUT2D eigenvalue weighted by atomic mass is 9.92. The van der Waals surface area contributed by atoms with Gasteiger partial charge in [-0.3, -0.25) is 0 Å². The summed E-state index contributed by atoms with van der Waals surface area (Å²) >= 11 is 0. The lowest BCUT2D eigenvalue weighted by Gasteiger charge is -2.35. The Labute approximate surface area is 442 Å². The molecule has 0 heterocycles. The first kappa shape index (κ1) is 67.8. The van der Waals surface area contributed by atoms with Crippen molar-refractivity contribution in [3.63, 3.8) is 0 Å². The first-order valence-corrected chi connectivity index (χ1v) is 22.2. The van der Waals surface area contributed by atoms with Gasteiger partial charge in [-0.25, -0.2) is 57.5 Å². The number of amides is 4. The fourth-order valence-electron chi connectivity index (χ4n) is 5.02. The molecular formula is C49H64N4O24. The van der Waals surface area contributed by atoms with Gasteiger partial charge in [0.15, 0.2) is 0 Å². The molecule has 0 atom stereocenters. The molecule has 0 aliphatic rings. The molecule has 77 heavy (non-hydrogen) atoms. The molecule has 0 aliphatic heterocycles. The molecule has 0 rings (SSSR count). The smallest absolute Gasteiger partial charge is 0.407 e. The number of rotatable bonds is 36. The van der Waals surface area contributed by atoms with Crippen LogP contribution in [0.2, 0.25) is 0 Å². The van der Waals surface area contributed by atoms with E-state index >= 15 is 0 Å². The molecule has 0 saturated heterocycles. The van der Waals surface area contributed by atoms with Gasteiger partial charge in [0.1, 0.15) is 107 Å². The number of alkyl carbamates (subject to hydrolysis) is 4. The molecule has 4 N–H and O–H groups in total. The SMILES string of the molecule is C=CC(=O)OCC(C)(COC(=O)C=C)NC(=O)OCC(COC(=O)NC(C)(COC(=O)C=C)COC(=O)C=C)(COC(=O)NC(C)(COC(=O)C=C)COC(=O)C=C)COC(=O)NC(C)(COC(=O)C=C)COC(=O)C=C. The van der Waals surface area contributed by atoms with Gasteiger partial charge in [-0.2, -0.15) is 0 Å². The van der Waals surface area contributed by atoms with Crippen LogP contribution in [0, 0.1) is 5.41 Å². The van der Waals surface area contributed by atoms with Crippen LogP contribution in [-0.4, -0.2) is 174 Å². The molecule has 0 aromatic carbocycles. The predicted octanol–water partition coefficient (Wildman–Crippen LogP) is 1.75. The maximum atomic E-state index is 13.7. The molecule has 28 heteroatoms. The predicted molar refractivity (Wildman–Crippen MR) is 263 cm³/mol. The van der Waals surface area contributed by atoms with E-state index in [9.17, 15) is 57.5 Å². The second-order valence-corrected chi connectivity index (χ2v) is 17.0. The van der Waals surface area contributed by atoms with Crippen LogP contribution in [0.3, 0.4) is 0 Å². The minimum absolute atomic E-state index is 0.673. The molecule has 0 radical (unpaired) electrons. The average molecular weight is 1090 g/mol. The second kappa shape index (κ2) is 33.6. The third-order valence-electron chi connectivity index (χ3n) is 9.25. The third kappa shape index (κ3) is 28.7. The normalized spacial score (nSPS) is 11.0. The Balaban J connectivity index is 7.74. The van der Waals surface area contributed by atoms with E-state index in [-0.39, 0.29) is 0 Å². The lowest BCUT2D eigenvalue weighted by Crippen LogP contribution is -2.57. The van der Waals surface area contributed by atoms with Gasteiger partial charge in [-0.1, -0.05) is 52.6 Å². The average Bonchev–Trinajstić information content (AvgIpc) is 3.41. The van der Waals surface area contributed by atoms with Crippen LogP contribution >= 0.6 is 0 Å². The zero-order valence-electron chi connectivity index (χ0n) is 43.1. The molecule has 0 aromatic rings. The van der Waals surface area contributed by atoms with Crippen LogP contribution in [0.1, 0.15) is 27.7 Å². The van der Waals surface area contributed by atoms with Crippen molar-refractivity contribution < 1.29 is 114 Å². The summed E-state index contributed by atoms with van der Waals surface area (Å²) in [5.74, 6) is -7.68. The van der Waals surface area contributed by atoms with E-state index in [1.807, 2.05) is 0 Å². The van der Waals surface area contributed by atoms with E-state index < -0.39 is 179 Å². The van der Waals surface area contributed by atoms with E-state index in [2.05, 4.69) is 73.9 Å². The van der Waals surface area contributed by atoms with Gasteiger partial charge >= 0.3 is 72.1 Å². The Hall–Kier alpha value is -9.24. The van der Waals surface area contributed by atoms with Gasteiger partial charge in [0.2, 0.25) is 0 Å². The highest BCUT2D eigenvalue weighted by atomic mass is 16.6. The van der Waals surface area contributed by atoms with Crippen molar-refractivity contribution in [3.8, 4) is 0 Å².